The minimum Gasteiger partial charge on any atom is -0.396 e. The molecule has 8 N–H and O–H groups in total. The van der Waals surface area contributed by atoms with E-state index < -0.39 is 0 Å². The number of anilines is 4. The van der Waals surface area contributed by atoms with Crippen molar-refractivity contribution in [3.8, 4) is 20.9 Å². The molecule has 0 radical (unpaired) electrons. The van der Waals surface area contributed by atoms with Gasteiger partial charge in [0, 0.05) is 20.9 Å². The number of nitrogens with two attached hydrogens (primary N) is 4. The van der Waals surface area contributed by atoms with Crippen molar-refractivity contribution in [1.29, 1.82) is 0 Å². The predicted octanol–water partition coefficient (Wildman–Crippen LogP) is 3.47. The topological polar surface area (TPSA) is 104 Å². The summed E-state index contributed by atoms with van der Waals surface area (Å²) < 4.78 is 0. The van der Waals surface area contributed by atoms with Crippen LogP contribution in [0.2, 0.25) is 0 Å². The van der Waals surface area contributed by atoms with Crippen LogP contribution in [-0.4, -0.2) is 0 Å². The molecule has 0 aliphatic carbocycles. The van der Waals surface area contributed by atoms with Crippen molar-refractivity contribution >= 4 is 45.4 Å². The molecule has 0 saturated heterocycles. The van der Waals surface area contributed by atoms with E-state index in [0.29, 0.717) is 22.7 Å². The first kappa shape index (κ1) is 12.8. The Hall–Kier alpha value is -2.18. The fourth-order valence-corrected chi connectivity index (χ4v) is 3.80. The highest BCUT2D eigenvalue weighted by atomic mass is 32.1. The maximum atomic E-state index is 6.20. The van der Waals surface area contributed by atoms with Gasteiger partial charge in [-0.3, -0.25) is 0 Å². The molecule has 0 bridgehead atoms. The Bertz CT molecular complexity index is 652. The van der Waals surface area contributed by atoms with Crippen molar-refractivity contribution < 1.29 is 0 Å². The zero-order chi connectivity index (χ0) is 14.3. The van der Waals surface area contributed by atoms with Gasteiger partial charge in [0.05, 0.1) is 22.7 Å². The van der Waals surface area contributed by atoms with Crippen molar-refractivity contribution in [1.82, 2.24) is 0 Å². The first-order chi connectivity index (χ1) is 9.61. The third-order valence-corrected chi connectivity index (χ3v) is 4.97. The number of benzene rings is 1. The molecular weight excluding hydrogens is 288 g/mol. The molecule has 3 rings (SSSR count). The van der Waals surface area contributed by atoms with Gasteiger partial charge in [-0.2, -0.15) is 0 Å². The summed E-state index contributed by atoms with van der Waals surface area (Å²) in [5, 5.41) is 3.93. The Kier molecular flexibility index (Phi) is 3.04. The Morgan fingerprint density at radius 3 is 1.20 bits per heavy atom. The number of nitrogen functional groups attached to an aromatic ring is 4. The molecule has 20 heavy (non-hydrogen) atoms. The normalized spacial score (nSPS) is 10.8. The number of thiophene rings is 2. The zero-order valence-corrected chi connectivity index (χ0v) is 12.2. The lowest BCUT2D eigenvalue weighted by atomic mass is 9.99. The van der Waals surface area contributed by atoms with E-state index in [0.717, 1.165) is 20.9 Å². The lowest BCUT2D eigenvalue weighted by molar-refractivity contribution is 1.62. The Morgan fingerprint density at radius 1 is 0.600 bits per heavy atom. The summed E-state index contributed by atoms with van der Waals surface area (Å²) in [6, 6.07) is 7.80. The van der Waals surface area contributed by atoms with E-state index in [-0.39, 0.29) is 0 Å². The summed E-state index contributed by atoms with van der Waals surface area (Å²) in [6.45, 7) is 0. The van der Waals surface area contributed by atoms with Gasteiger partial charge in [-0.05, 0) is 22.9 Å². The average molecular weight is 302 g/mol. The van der Waals surface area contributed by atoms with Gasteiger partial charge in [0.25, 0.3) is 0 Å². The first-order valence-electron chi connectivity index (χ1n) is 5.95. The molecule has 0 fully saturated rings. The van der Waals surface area contributed by atoms with Crippen molar-refractivity contribution in [3.05, 3.63) is 35.0 Å². The molecule has 4 nitrogen and oxygen atoms in total. The Morgan fingerprint density at radius 2 is 0.950 bits per heavy atom. The summed E-state index contributed by atoms with van der Waals surface area (Å²) in [6.07, 6.45) is 0. The molecule has 6 heteroatoms. The number of rotatable bonds is 2. The maximum absolute atomic E-state index is 6.20. The molecule has 102 valence electrons. The largest absolute Gasteiger partial charge is 0.396 e. The van der Waals surface area contributed by atoms with Gasteiger partial charge in [-0.15, -0.1) is 22.7 Å². The molecule has 0 saturated carbocycles. The van der Waals surface area contributed by atoms with Gasteiger partial charge >= 0.3 is 0 Å². The van der Waals surface area contributed by atoms with Crippen molar-refractivity contribution in [2.75, 3.05) is 22.9 Å². The van der Waals surface area contributed by atoms with E-state index in [9.17, 15) is 0 Å². The van der Waals surface area contributed by atoms with E-state index in [1.165, 1.54) is 0 Å². The highest BCUT2D eigenvalue weighted by molar-refractivity contribution is 7.14. The molecule has 2 aromatic heterocycles. The molecule has 0 aliphatic heterocycles. The quantitative estimate of drug-likeness (QED) is 0.544. The monoisotopic (exact) mass is 302 g/mol. The summed E-state index contributed by atoms with van der Waals surface area (Å²) in [5.41, 5.74) is 28.2. The molecule has 0 atom stereocenters. The van der Waals surface area contributed by atoms with Crippen LogP contribution in [0.3, 0.4) is 0 Å². The van der Waals surface area contributed by atoms with Crippen LogP contribution >= 0.6 is 22.7 Å². The van der Waals surface area contributed by atoms with Crippen molar-refractivity contribution in [2.45, 2.75) is 0 Å². The van der Waals surface area contributed by atoms with Gasteiger partial charge in [-0.25, -0.2) is 0 Å². The molecule has 0 spiro atoms. The second-order valence-electron chi connectivity index (χ2n) is 4.36. The van der Waals surface area contributed by atoms with Crippen LogP contribution in [0.1, 0.15) is 0 Å². The van der Waals surface area contributed by atoms with Crippen LogP contribution in [0, 0.1) is 0 Å². The highest BCUT2D eigenvalue weighted by Gasteiger charge is 2.20. The van der Waals surface area contributed by atoms with Crippen LogP contribution in [0.25, 0.3) is 20.9 Å². The van der Waals surface area contributed by atoms with Gasteiger partial charge in [0.15, 0.2) is 0 Å². The number of hydrogen-bond acceptors (Lipinski definition) is 6. The maximum Gasteiger partial charge on any atom is 0.0665 e. The fraction of sp³-hybridized carbons (Fsp3) is 0. The third-order valence-electron chi connectivity index (χ3n) is 3.19. The predicted molar refractivity (Wildman–Crippen MR) is 90.7 cm³/mol. The van der Waals surface area contributed by atoms with Gasteiger partial charge in [0.2, 0.25) is 0 Å². The summed E-state index contributed by atoms with van der Waals surface area (Å²) in [7, 11) is 0. The Labute approximate surface area is 124 Å². The first-order valence-corrected chi connectivity index (χ1v) is 7.70. The summed E-state index contributed by atoms with van der Waals surface area (Å²) in [4.78, 5) is 1.94. The van der Waals surface area contributed by atoms with E-state index in [1.807, 2.05) is 35.0 Å². The summed E-state index contributed by atoms with van der Waals surface area (Å²) >= 11 is 3.11. The van der Waals surface area contributed by atoms with Gasteiger partial charge < -0.3 is 22.9 Å². The zero-order valence-electron chi connectivity index (χ0n) is 10.6. The van der Waals surface area contributed by atoms with Crippen LogP contribution < -0.4 is 22.9 Å². The molecule has 3 aromatic rings. The third kappa shape index (κ3) is 1.81. The van der Waals surface area contributed by atoms with Crippen LogP contribution in [0.5, 0.6) is 0 Å². The minimum absolute atomic E-state index is 0.488. The van der Waals surface area contributed by atoms with Crippen molar-refractivity contribution in [3.63, 3.8) is 0 Å². The lowest BCUT2D eigenvalue weighted by Crippen LogP contribution is -2.07. The van der Waals surface area contributed by atoms with Crippen molar-refractivity contribution in [2.24, 2.45) is 0 Å². The second-order valence-corrected chi connectivity index (χ2v) is 6.25. The molecule has 0 aliphatic rings. The smallest absolute Gasteiger partial charge is 0.0665 e. The van der Waals surface area contributed by atoms with Crippen LogP contribution in [-0.2, 0) is 0 Å². The molecular formula is C14H14N4S2. The average Bonchev–Trinajstić information content (AvgIpc) is 3.10. The fourth-order valence-electron chi connectivity index (χ4n) is 2.20. The molecule has 0 amide bonds. The standard InChI is InChI=1S/C14H14N4S2/c15-11-9(7-3-1-5-19-7)12(16)14(18)10(13(11)17)8-4-2-6-20-8/h1-6H,15-18H2. The van der Waals surface area contributed by atoms with E-state index in [1.54, 1.807) is 22.7 Å². The van der Waals surface area contributed by atoms with Crippen LogP contribution in [0.15, 0.2) is 35.0 Å². The minimum atomic E-state index is 0.488. The van der Waals surface area contributed by atoms with E-state index in [4.69, 9.17) is 22.9 Å². The molecule has 1 aromatic carbocycles. The van der Waals surface area contributed by atoms with E-state index in [2.05, 4.69) is 0 Å². The van der Waals surface area contributed by atoms with E-state index >= 15 is 0 Å². The lowest BCUT2D eigenvalue weighted by Gasteiger charge is -2.17. The molecule has 0 unspecified atom stereocenters. The SMILES string of the molecule is Nc1c(N)c(-c2cccs2)c(N)c(N)c1-c1cccs1. The summed E-state index contributed by atoms with van der Waals surface area (Å²) in [5.74, 6) is 0. The van der Waals surface area contributed by atoms with Gasteiger partial charge in [0.1, 0.15) is 0 Å². The second kappa shape index (κ2) is 4.73. The van der Waals surface area contributed by atoms with Gasteiger partial charge in [-0.1, -0.05) is 12.1 Å². The highest BCUT2D eigenvalue weighted by Crippen LogP contribution is 2.48. The molecule has 2 heterocycles. The van der Waals surface area contributed by atoms with Crippen LogP contribution in [0.4, 0.5) is 22.7 Å². The Balaban J connectivity index is 2.33. The number of hydrogen-bond donors (Lipinski definition) is 4.